The van der Waals surface area contributed by atoms with Crippen LogP contribution in [0.4, 0.5) is 0 Å². The van der Waals surface area contributed by atoms with Gasteiger partial charge in [0.25, 0.3) is 0 Å². The average Bonchev–Trinajstić information content (AvgIpc) is 2.60. The summed E-state index contributed by atoms with van der Waals surface area (Å²) in [6.45, 7) is 3.36. The zero-order chi connectivity index (χ0) is 16.7. The minimum atomic E-state index is -0.288. The maximum Gasteiger partial charge on any atom is 0.123 e. The summed E-state index contributed by atoms with van der Waals surface area (Å²) in [5.41, 5.74) is 1.94. The lowest BCUT2D eigenvalue weighted by Gasteiger charge is -2.31. The van der Waals surface area contributed by atoms with E-state index < -0.39 is 0 Å². The normalized spacial score (nSPS) is 13.4. The van der Waals surface area contributed by atoms with E-state index in [0.717, 1.165) is 17.1 Å². The molecule has 0 radical (unpaired) electrons. The smallest absolute Gasteiger partial charge is 0.123 e. The Hall–Kier alpha value is -2.04. The summed E-state index contributed by atoms with van der Waals surface area (Å²) in [6, 6.07) is 16.1. The van der Waals surface area contributed by atoms with Gasteiger partial charge in [0, 0.05) is 19.2 Å². The van der Waals surface area contributed by atoms with Gasteiger partial charge in [0.15, 0.2) is 0 Å². The maximum atomic E-state index is 5.45. The van der Waals surface area contributed by atoms with Gasteiger partial charge in [0.05, 0.1) is 26.4 Å². The Balaban J connectivity index is 2.22. The minimum Gasteiger partial charge on any atom is -0.497 e. The Morgan fingerprint density at radius 1 is 0.957 bits per heavy atom. The molecule has 0 saturated heterocycles. The van der Waals surface area contributed by atoms with Crippen LogP contribution in [-0.2, 0) is 16.8 Å². The van der Waals surface area contributed by atoms with E-state index in [1.165, 1.54) is 5.56 Å². The highest BCUT2D eigenvalue weighted by Gasteiger charge is 2.26. The molecule has 23 heavy (non-hydrogen) atoms. The molecule has 0 aromatic heterocycles. The number of hydrogen-bond donors (Lipinski definition) is 1. The van der Waals surface area contributed by atoms with Crippen molar-refractivity contribution < 1.29 is 14.2 Å². The fourth-order valence-electron chi connectivity index (χ4n) is 2.64. The fourth-order valence-corrected chi connectivity index (χ4v) is 2.64. The standard InChI is InChI=1S/C19H25NO3/c1-19(14-21-2,16-8-6-5-7-9-16)20-13-15-12-17(22-3)10-11-18(15)23-4/h5-12,20H,13-14H2,1-4H3/t19-/m1/s1. The molecule has 1 atom stereocenters. The monoisotopic (exact) mass is 315 g/mol. The molecule has 0 unspecified atom stereocenters. The zero-order valence-corrected chi connectivity index (χ0v) is 14.3. The van der Waals surface area contributed by atoms with E-state index >= 15 is 0 Å². The van der Waals surface area contributed by atoms with Crippen LogP contribution in [0.15, 0.2) is 48.5 Å². The first-order chi connectivity index (χ1) is 11.1. The molecular weight excluding hydrogens is 290 g/mol. The van der Waals surface area contributed by atoms with Gasteiger partial charge in [-0.1, -0.05) is 30.3 Å². The van der Waals surface area contributed by atoms with Gasteiger partial charge in [-0.25, -0.2) is 0 Å². The lowest BCUT2D eigenvalue weighted by molar-refractivity contribution is 0.117. The van der Waals surface area contributed by atoms with Crippen LogP contribution in [0.5, 0.6) is 11.5 Å². The lowest BCUT2D eigenvalue weighted by atomic mass is 9.92. The van der Waals surface area contributed by atoms with Gasteiger partial charge in [-0.2, -0.15) is 0 Å². The molecule has 0 amide bonds. The van der Waals surface area contributed by atoms with Crippen LogP contribution >= 0.6 is 0 Å². The molecule has 0 heterocycles. The molecule has 124 valence electrons. The van der Waals surface area contributed by atoms with E-state index in [4.69, 9.17) is 14.2 Å². The molecule has 4 heteroatoms. The van der Waals surface area contributed by atoms with E-state index in [0.29, 0.717) is 13.2 Å². The quantitative estimate of drug-likeness (QED) is 0.811. The summed E-state index contributed by atoms with van der Waals surface area (Å²) < 4.78 is 16.2. The molecule has 2 aromatic carbocycles. The molecular formula is C19H25NO3. The van der Waals surface area contributed by atoms with Crippen molar-refractivity contribution >= 4 is 0 Å². The van der Waals surface area contributed by atoms with Crippen molar-refractivity contribution in [3.63, 3.8) is 0 Å². The highest BCUT2D eigenvalue weighted by Crippen LogP contribution is 2.26. The van der Waals surface area contributed by atoms with Crippen molar-refractivity contribution in [3.8, 4) is 11.5 Å². The number of rotatable bonds is 8. The first-order valence-electron chi connectivity index (χ1n) is 7.63. The zero-order valence-electron chi connectivity index (χ0n) is 14.3. The molecule has 4 nitrogen and oxygen atoms in total. The van der Waals surface area contributed by atoms with Gasteiger partial charge in [0.2, 0.25) is 0 Å². The molecule has 0 saturated carbocycles. The summed E-state index contributed by atoms with van der Waals surface area (Å²) in [5.74, 6) is 1.65. The summed E-state index contributed by atoms with van der Waals surface area (Å²) in [6.07, 6.45) is 0. The number of hydrogen-bond acceptors (Lipinski definition) is 4. The molecule has 0 bridgehead atoms. The Morgan fingerprint density at radius 2 is 1.70 bits per heavy atom. The SMILES string of the molecule is COC[C@@](C)(NCc1cc(OC)ccc1OC)c1ccccc1. The minimum absolute atomic E-state index is 0.288. The predicted octanol–water partition coefficient (Wildman–Crippen LogP) is 3.36. The number of nitrogens with one attached hydrogen (secondary N) is 1. The van der Waals surface area contributed by atoms with Crippen LogP contribution < -0.4 is 14.8 Å². The molecule has 0 aliphatic heterocycles. The third-order valence-electron chi connectivity index (χ3n) is 4.00. The largest absolute Gasteiger partial charge is 0.497 e. The summed E-state index contributed by atoms with van der Waals surface area (Å²) in [4.78, 5) is 0. The van der Waals surface area contributed by atoms with E-state index in [1.54, 1.807) is 21.3 Å². The topological polar surface area (TPSA) is 39.7 Å². The summed E-state index contributed by atoms with van der Waals surface area (Å²) >= 11 is 0. The first kappa shape index (κ1) is 17.3. The third-order valence-corrected chi connectivity index (χ3v) is 4.00. The lowest BCUT2D eigenvalue weighted by Crippen LogP contribution is -2.43. The molecule has 2 rings (SSSR count). The predicted molar refractivity (Wildman–Crippen MR) is 92.1 cm³/mol. The second-order valence-electron chi connectivity index (χ2n) is 5.66. The van der Waals surface area contributed by atoms with E-state index in [9.17, 15) is 0 Å². The third kappa shape index (κ3) is 4.24. The molecule has 2 aromatic rings. The van der Waals surface area contributed by atoms with Gasteiger partial charge in [-0.15, -0.1) is 0 Å². The summed E-state index contributed by atoms with van der Waals surface area (Å²) in [5, 5.41) is 3.60. The number of ether oxygens (including phenoxy) is 3. The second-order valence-corrected chi connectivity index (χ2v) is 5.66. The second kappa shape index (κ2) is 7.99. The van der Waals surface area contributed by atoms with Crippen LogP contribution in [0.2, 0.25) is 0 Å². The van der Waals surface area contributed by atoms with E-state index in [2.05, 4.69) is 24.4 Å². The summed E-state index contributed by atoms with van der Waals surface area (Å²) in [7, 11) is 5.06. The number of benzene rings is 2. The van der Waals surface area contributed by atoms with Crippen molar-refractivity contribution in [1.82, 2.24) is 5.32 Å². The highest BCUT2D eigenvalue weighted by molar-refractivity contribution is 5.40. The van der Waals surface area contributed by atoms with Crippen LogP contribution in [0.1, 0.15) is 18.1 Å². The molecule has 0 fully saturated rings. The van der Waals surface area contributed by atoms with Gasteiger partial charge < -0.3 is 19.5 Å². The van der Waals surface area contributed by atoms with Crippen LogP contribution in [0.3, 0.4) is 0 Å². The Labute approximate surface area is 138 Å². The van der Waals surface area contributed by atoms with Crippen LogP contribution in [-0.4, -0.2) is 27.9 Å². The Bertz CT molecular complexity index is 615. The first-order valence-corrected chi connectivity index (χ1v) is 7.63. The maximum absolute atomic E-state index is 5.45. The average molecular weight is 315 g/mol. The fraction of sp³-hybridized carbons (Fsp3) is 0.368. The van der Waals surface area contributed by atoms with Gasteiger partial charge >= 0.3 is 0 Å². The van der Waals surface area contributed by atoms with Crippen molar-refractivity contribution in [3.05, 3.63) is 59.7 Å². The molecule has 0 spiro atoms. The molecule has 0 aliphatic rings. The van der Waals surface area contributed by atoms with Crippen LogP contribution in [0, 0.1) is 0 Å². The molecule has 0 aliphatic carbocycles. The van der Waals surface area contributed by atoms with Crippen molar-refractivity contribution in [2.75, 3.05) is 27.9 Å². The Kier molecular flexibility index (Phi) is 6.02. The highest BCUT2D eigenvalue weighted by atomic mass is 16.5. The van der Waals surface area contributed by atoms with Gasteiger partial charge in [-0.3, -0.25) is 0 Å². The van der Waals surface area contributed by atoms with E-state index in [-0.39, 0.29) is 5.54 Å². The van der Waals surface area contributed by atoms with Crippen molar-refractivity contribution in [2.45, 2.75) is 19.0 Å². The molecule has 1 N–H and O–H groups in total. The van der Waals surface area contributed by atoms with Crippen molar-refractivity contribution in [2.24, 2.45) is 0 Å². The number of methoxy groups -OCH3 is 3. The van der Waals surface area contributed by atoms with E-state index in [1.807, 2.05) is 36.4 Å². The van der Waals surface area contributed by atoms with Gasteiger partial charge in [0.1, 0.15) is 11.5 Å². The van der Waals surface area contributed by atoms with Crippen molar-refractivity contribution in [1.29, 1.82) is 0 Å². The van der Waals surface area contributed by atoms with Gasteiger partial charge in [-0.05, 0) is 30.7 Å². The Morgan fingerprint density at radius 3 is 2.30 bits per heavy atom. The van der Waals surface area contributed by atoms with Crippen LogP contribution in [0.25, 0.3) is 0 Å².